The molecular formula is C32H24CuF2N8O4S. The van der Waals surface area contributed by atoms with Gasteiger partial charge in [-0.25, -0.2) is 29.6 Å². The molecule has 0 aliphatic rings. The molecule has 48 heavy (non-hydrogen) atoms. The number of nitrogens with zero attached hydrogens (tertiary/aromatic N) is 6. The Hall–Kier alpha value is -5.83. The van der Waals surface area contributed by atoms with Gasteiger partial charge in [0.15, 0.2) is 0 Å². The van der Waals surface area contributed by atoms with Gasteiger partial charge in [0.05, 0.1) is 45.7 Å². The first-order valence-electron chi connectivity index (χ1n) is 13.3. The number of hydrazone groups is 2. The van der Waals surface area contributed by atoms with Gasteiger partial charge in [0, 0.05) is 52.6 Å². The Morgan fingerprint density at radius 2 is 1.08 bits per heavy atom. The fourth-order valence-corrected chi connectivity index (χ4v) is 3.94. The van der Waals surface area contributed by atoms with Gasteiger partial charge in [-0.05, 0) is 72.8 Å². The molecule has 0 aliphatic heterocycles. The van der Waals surface area contributed by atoms with E-state index in [9.17, 15) is 28.6 Å². The third-order valence-corrected chi connectivity index (χ3v) is 6.16. The van der Waals surface area contributed by atoms with Gasteiger partial charge in [-0.15, -0.1) is 0 Å². The second kappa shape index (κ2) is 17.2. The second-order valence-electron chi connectivity index (χ2n) is 9.36. The van der Waals surface area contributed by atoms with Crippen LogP contribution in [0.4, 0.5) is 8.78 Å². The predicted molar refractivity (Wildman–Crippen MR) is 176 cm³/mol. The van der Waals surface area contributed by atoms with E-state index in [4.69, 9.17) is 0 Å². The summed E-state index contributed by atoms with van der Waals surface area (Å²) in [6.07, 6.45) is 8.39. The topological polar surface area (TPSA) is 175 Å². The molecule has 0 aliphatic carbocycles. The van der Waals surface area contributed by atoms with Gasteiger partial charge < -0.3 is 10.2 Å². The third-order valence-electron chi connectivity index (χ3n) is 6.16. The van der Waals surface area contributed by atoms with Gasteiger partial charge in [0.25, 0.3) is 11.8 Å². The summed E-state index contributed by atoms with van der Waals surface area (Å²) in [5, 5.41) is 28.2. The first-order chi connectivity index (χ1) is 22.3. The smallest absolute Gasteiger partial charge is 0.272 e. The largest absolute Gasteiger partial charge is 0.493 e. The van der Waals surface area contributed by atoms with Crippen molar-refractivity contribution in [1.82, 2.24) is 30.8 Å². The summed E-state index contributed by atoms with van der Waals surface area (Å²) in [5.74, 6) is -2.20. The van der Waals surface area contributed by atoms with Gasteiger partial charge in [0.1, 0.15) is 11.6 Å². The van der Waals surface area contributed by atoms with Crippen LogP contribution in [0.1, 0.15) is 31.8 Å². The molecule has 0 saturated heterocycles. The minimum atomic E-state index is -0.436. The molecule has 247 valence electrons. The zero-order valence-corrected chi connectivity index (χ0v) is 26.3. The fraction of sp³-hybridized carbons (Fsp3) is 0. The monoisotopic (exact) mass is 717 g/mol. The minimum Gasteiger partial charge on any atom is -0.493 e. The molecular weight excluding hydrogens is 694 g/mol. The number of carbonyl (C=O) groups is 2. The van der Waals surface area contributed by atoms with Crippen LogP contribution in [0.25, 0.3) is 21.8 Å². The number of hydrogen-bond acceptors (Lipinski definition) is 10. The number of rotatable bonds is 6. The van der Waals surface area contributed by atoms with Crippen LogP contribution in [0.5, 0.6) is 11.8 Å². The molecule has 1 radical (unpaired) electrons. The summed E-state index contributed by atoms with van der Waals surface area (Å²) >= 11 is 0. The van der Waals surface area contributed by atoms with Gasteiger partial charge in [-0.3, -0.25) is 19.6 Å². The second-order valence-corrected chi connectivity index (χ2v) is 9.36. The number of hydrogen-bond donors (Lipinski definition) is 4. The van der Waals surface area contributed by atoms with Crippen LogP contribution in [0, 0.1) is 11.6 Å². The van der Waals surface area contributed by atoms with E-state index in [-0.39, 0.29) is 53.5 Å². The minimum absolute atomic E-state index is 0. The molecule has 0 unspecified atom stereocenters. The summed E-state index contributed by atoms with van der Waals surface area (Å²) in [6.45, 7) is 0. The van der Waals surface area contributed by atoms with Crippen molar-refractivity contribution in [2.45, 2.75) is 0 Å². The Labute approximate surface area is 288 Å². The molecule has 2 aromatic carbocycles. The van der Waals surface area contributed by atoms with E-state index in [0.29, 0.717) is 32.9 Å². The Balaban J connectivity index is 0.000000250. The normalized spacial score (nSPS) is 10.5. The van der Waals surface area contributed by atoms with Crippen molar-refractivity contribution >= 4 is 59.5 Å². The van der Waals surface area contributed by atoms with Crippen molar-refractivity contribution in [2.24, 2.45) is 10.2 Å². The molecule has 4 N–H and O–H groups in total. The average Bonchev–Trinajstić information content (AvgIpc) is 3.06. The van der Waals surface area contributed by atoms with Crippen molar-refractivity contribution in [3.63, 3.8) is 0 Å². The van der Waals surface area contributed by atoms with Crippen molar-refractivity contribution < 1.29 is 45.7 Å². The molecule has 0 atom stereocenters. The first-order valence-corrected chi connectivity index (χ1v) is 13.3. The number of benzene rings is 2. The molecule has 16 heteroatoms. The predicted octanol–water partition coefficient (Wildman–Crippen LogP) is 4.59. The van der Waals surface area contributed by atoms with Crippen molar-refractivity contribution in [3.8, 4) is 11.8 Å². The number of amides is 2. The van der Waals surface area contributed by atoms with E-state index in [0.717, 1.165) is 0 Å². The molecule has 12 nitrogen and oxygen atoms in total. The van der Waals surface area contributed by atoms with Gasteiger partial charge in [0.2, 0.25) is 11.8 Å². The Morgan fingerprint density at radius 1 is 0.667 bits per heavy atom. The summed E-state index contributed by atoms with van der Waals surface area (Å²) in [4.78, 5) is 39.1. The number of aromatic nitrogens is 4. The van der Waals surface area contributed by atoms with E-state index in [1.807, 2.05) is 0 Å². The van der Waals surface area contributed by atoms with E-state index in [1.54, 1.807) is 36.7 Å². The van der Waals surface area contributed by atoms with Crippen molar-refractivity contribution in [1.29, 1.82) is 0 Å². The number of halogens is 2. The van der Waals surface area contributed by atoms with E-state index in [1.165, 1.54) is 73.4 Å². The summed E-state index contributed by atoms with van der Waals surface area (Å²) in [7, 11) is 0. The van der Waals surface area contributed by atoms with Crippen LogP contribution in [0.2, 0.25) is 0 Å². The molecule has 0 bridgehead atoms. The van der Waals surface area contributed by atoms with Crippen LogP contribution < -0.4 is 10.9 Å². The van der Waals surface area contributed by atoms with Crippen LogP contribution in [0.3, 0.4) is 0 Å². The summed E-state index contributed by atoms with van der Waals surface area (Å²) < 4.78 is 26.5. The van der Waals surface area contributed by atoms with E-state index >= 15 is 0 Å². The molecule has 0 saturated carbocycles. The molecule has 4 heterocycles. The fourth-order valence-electron chi connectivity index (χ4n) is 3.94. The number of pyridine rings is 4. The summed E-state index contributed by atoms with van der Waals surface area (Å²) in [6, 6.07) is 17.6. The van der Waals surface area contributed by atoms with Gasteiger partial charge >= 0.3 is 0 Å². The van der Waals surface area contributed by atoms with Gasteiger partial charge in [-0.2, -0.15) is 23.7 Å². The molecule has 6 rings (SSSR count). The molecule has 4 aromatic heterocycles. The molecule has 0 fully saturated rings. The Morgan fingerprint density at radius 3 is 1.46 bits per heavy atom. The summed E-state index contributed by atoms with van der Waals surface area (Å²) in [5.41, 5.74) is 6.77. The Bertz CT molecular complexity index is 1960. The van der Waals surface area contributed by atoms with Crippen LogP contribution in [-0.4, -0.2) is 54.4 Å². The molecule has 0 spiro atoms. The molecule has 6 aromatic rings. The van der Waals surface area contributed by atoms with E-state index < -0.39 is 23.4 Å². The first kappa shape index (κ1) is 36.6. The third kappa shape index (κ3) is 9.59. The average molecular weight is 718 g/mol. The number of aromatic hydroxyl groups is 2. The standard InChI is InChI=1S/2C16H11FN4O2.Cu.H2S/c2*17-13-3-4-14-11(7-13)6-12(15(22)20-14)9-19-21-16(23)10-2-1-5-18-8-10;;/h2*1-9H,(H,20,22)(H,21,23);;1H2/b2*19-9+;;. The maximum Gasteiger partial charge on any atom is 0.272 e. The SMILES string of the molecule is O=C(N/N=C/c1cc2cc(F)ccc2nc1O)c1cccnc1.O=C(N/N=C/c1cc2cc(F)ccc2nc1O)c1cccnc1.S.[Cu]. The number of fused-ring (bicyclic) bond motifs is 2. The van der Waals surface area contributed by atoms with Crippen LogP contribution in [-0.2, 0) is 17.1 Å². The van der Waals surface area contributed by atoms with Gasteiger partial charge in [-0.1, -0.05) is 0 Å². The number of carbonyl (C=O) groups excluding carboxylic acids is 2. The van der Waals surface area contributed by atoms with E-state index in [2.05, 4.69) is 41.0 Å². The zero-order chi connectivity index (χ0) is 32.5. The molecule has 2 amide bonds. The van der Waals surface area contributed by atoms with Crippen molar-refractivity contribution in [2.75, 3.05) is 0 Å². The number of nitrogens with one attached hydrogen (secondary N) is 2. The Kier molecular flexibility index (Phi) is 13.1. The van der Waals surface area contributed by atoms with Crippen LogP contribution in [0.15, 0.2) is 108 Å². The van der Waals surface area contributed by atoms with Crippen LogP contribution >= 0.6 is 13.5 Å². The van der Waals surface area contributed by atoms with Crippen molar-refractivity contribution in [3.05, 3.63) is 131 Å². The maximum atomic E-state index is 13.2. The maximum absolute atomic E-state index is 13.2. The zero-order valence-electron chi connectivity index (χ0n) is 24.3. The quantitative estimate of drug-likeness (QED) is 0.110.